The highest BCUT2D eigenvalue weighted by molar-refractivity contribution is 5.11. The molecule has 2 aromatic rings. The minimum absolute atomic E-state index is 0.0322. The van der Waals surface area contributed by atoms with Crippen LogP contribution in [0.1, 0.15) is 50.7 Å². The van der Waals surface area contributed by atoms with Gasteiger partial charge in [-0.3, -0.25) is 19.7 Å². The minimum Gasteiger partial charge on any atom is -0.293 e. The van der Waals surface area contributed by atoms with E-state index in [0.29, 0.717) is 12.6 Å². The van der Waals surface area contributed by atoms with Gasteiger partial charge in [-0.2, -0.15) is 5.10 Å². The lowest BCUT2D eigenvalue weighted by Gasteiger charge is -2.25. The van der Waals surface area contributed by atoms with Crippen LogP contribution in [0, 0.1) is 6.92 Å². The summed E-state index contributed by atoms with van der Waals surface area (Å²) in [5, 5.41) is 4.61. The van der Waals surface area contributed by atoms with Crippen LogP contribution in [0.2, 0.25) is 0 Å². The van der Waals surface area contributed by atoms with Crippen LogP contribution in [0.15, 0.2) is 29.3 Å². The van der Waals surface area contributed by atoms with Gasteiger partial charge in [0.1, 0.15) is 0 Å². The van der Waals surface area contributed by atoms with Gasteiger partial charge in [-0.15, -0.1) is 0 Å². The molecule has 25 heavy (non-hydrogen) atoms. The highest BCUT2D eigenvalue weighted by Gasteiger charge is 2.26. The molecule has 1 aliphatic rings. The van der Waals surface area contributed by atoms with Gasteiger partial charge in [-0.25, -0.2) is 4.68 Å². The van der Waals surface area contributed by atoms with Crippen LogP contribution in [0.4, 0.5) is 0 Å². The van der Waals surface area contributed by atoms with Gasteiger partial charge in [-0.1, -0.05) is 20.8 Å². The molecule has 0 spiro atoms. The number of hydrogen-bond acceptors (Lipinski definition) is 5. The standard InChI is InChI=1S/C19H27N5O/c1-14-10-20-11-15(21-14)12-23-9-5-6-16(23)13-24-18(25)8-7-17(22-24)19(2,3)4/h7-8,10-11,16H,5-6,9,12-13H2,1-4H3. The Hall–Kier alpha value is -2.08. The fourth-order valence-electron chi connectivity index (χ4n) is 3.29. The van der Waals surface area contributed by atoms with Crippen molar-refractivity contribution in [3.63, 3.8) is 0 Å². The molecule has 0 radical (unpaired) electrons. The molecule has 0 aromatic carbocycles. The van der Waals surface area contributed by atoms with Crippen molar-refractivity contribution in [2.45, 2.75) is 65.1 Å². The Kier molecular flexibility index (Phi) is 4.99. The number of likely N-dealkylation sites (tertiary alicyclic amines) is 1. The molecule has 1 aliphatic heterocycles. The average Bonchev–Trinajstić information content (AvgIpc) is 2.95. The zero-order valence-electron chi connectivity index (χ0n) is 15.6. The Bertz CT molecular complexity index is 793. The molecular formula is C19H27N5O. The third-order valence-corrected chi connectivity index (χ3v) is 4.69. The molecular weight excluding hydrogens is 314 g/mol. The first-order valence-electron chi connectivity index (χ1n) is 8.93. The van der Waals surface area contributed by atoms with E-state index in [1.165, 1.54) is 0 Å². The van der Waals surface area contributed by atoms with Crippen molar-refractivity contribution in [3.8, 4) is 0 Å². The van der Waals surface area contributed by atoms with Crippen LogP contribution in [-0.4, -0.2) is 37.2 Å². The molecule has 6 nitrogen and oxygen atoms in total. The van der Waals surface area contributed by atoms with Crippen LogP contribution in [-0.2, 0) is 18.5 Å². The van der Waals surface area contributed by atoms with Crippen LogP contribution in [0.3, 0.4) is 0 Å². The maximum atomic E-state index is 12.3. The van der Waals surface area contributed by atoms with Gasteiger partial charge in [0.25, 0.3) is 5.56 Å². The Morgan fingerprint density at radius 1 is 1.24 bits per heavy atom. The van der Waals surface area contributed by atoms with Gasteiger partial charge < -0.3 is 0 Å². The van der Waals surface area contributed by atoms with Gasteiger partial charge >= 0.3 is 0 Å². The molecule has 0 bridgehead atoms. The van der Waals surface area contributed by atoms with Crippen molar-refractivity contribution in [2.24, 2.45) is 0 Å². The summed E-state index contributed by atoms with van der Waals surface area (Å²) in [5.74, 6) is 0. The monoisotopic (exact) mass is 341 g/mol. The number of nitrogens with zero attached hydrogens (tertiary/aromatic N) is 5. The molecule has 0 aliphatic carbocycles. The highest BCUT2D eigenvalue weighted by Crippen LogP contribution is 2.21. The second-order valence-corrected chi connectivity index (χ2v) is 7.91. The average molecular weight is 341 g/mol. The molecule has 0 saturated carbocycles. The van der Waals surface area contributed by atoms with E-state index in [0.717, 1.165) is 43.0 Å². The van der Waals surface area contributed by atoms with E-state index in [-0.39, 0.29) is 11.0 Å². The third-order valence-electron chi connectivity index (χ3n) is 4.69. The van der Waals surface area contributed by atoms with Crippen molar-refractivity contribution < 1.29 is 0 Å². The maximum Gasteiger partial charge on any atom is 0.266 e. The zero-order valence-corrected chi connectivity index (χ0v) is 15.6. The van der Waals surface area contributed by atoms with Crippen LogP contribution < -0.4 is 5.56 Å². The minimum atomic E-state index is -0.0675. The predicted molar refractivity (Wildman–Crippen MR) is 97.4 cm³/mol. The molecule has 2 aromatic heterocycles. The Morgan fingerprint density at radius 3 is 2.76 bits per heavy atom. The summed E-state index contributed by atoms with van der Waals surface area (Å²) in [5.41, 5.74) is 2.76. The lowest BCUT2D eigenvalue weighted by Crippen LogP contribution is -2.37. The topological polar surface area (TPSA) is 63.9 Å². The number of hydrogen-bond donors (Lipinski definition) is 0. The van der Waals surface area contributed by atoms with Crippen molar-refractivity contribution in [1.82, 2.24) is 24.6 Å². The van der Waals surface area contributed by atoms with E-state index < -0.39 is 0 Å². The number of aromatic nitrogens is 4. The van der Waals surface area contributed by atoms with E-state index >= 15 is 0 Å². The molecule has 1 fully saturated rings. The molecule has 6 heteroatoms. The van der Waals surface area contributed by atoms with E-state index in [1.807, 2.05) is 19.2 Å². The van der Waals surface area contributed by atoms with Crippen LogP contribution >= 0.6 is 0 Å². The largest absolute Gasteiger partial charge is 0.293 e. The first-order chi connectivity index (χ1) is 11.8. The summed E-state index contributed by atoms with van der Waals surface area (Å²) in [4.78, 5) is 23.4. The van der Waals surface area contributed by atoms with Gasteiger partial charge in [0.05, 0.1) is 23.6 Å². The lowest BCUT2D eigenvalue weighted by molar-refractivity contribution is 0.213. The smallest absolute Gasteiger partial charge is 0.266 e. The summed E-state index contributed by atoms with van der Waals surface area (Å²) in [6.45, 7) is 10.7. The first-order valence-corrected chi connectivity index (χ1v) is 8.93. The predicted octanol–water partition coefficient (Wildman–Crippen LogP) is 2.30. The molecule has 1 unspecified atom stereocenters. The molecule has 0 amide bonds. The van der Waals surface area contributed by atoms with Gasteiger partial charge in [-0.05, 0) is 32.4 Å². The number of aryl methyl sites for hydroxylation is 1. The van der Waals surface area contributed by atoms with Crippen LogP contribution in [0.25, 0.3) is 0 Å². The van der Waals surface area contributed by atoms with Gasteiger partial charge in [0.2, 0.25) is 0 Å². The number of rotatable bonds is 4. The van der Waals surface area contributed by atoms with Crippen LogP contribution in [0.5, 0.6) is 0 Å². The quantitative estimate of drug-likeness (QED) is 0.854. The SMILES string of the molecule is Cc1cncc(CN2CCCC2Cn2nc(C(C)(C)C)ccc2=O)n1. The van der Waals surface area contributed by atoms with Gasteiger partial charge in [0.15, 0.2) is 0 Å². The summed E-state index contributed by atoms with van der Waals surface area (Å²) in [6, 6.07) is 3.79. The second kappa shape index (κ2) is 7.04. The van der Waals surface area contributed by atoms with E-state index in [1.54, 1.807) is 16.9 Å². The van der Waals surface area contributed by atoms with Crippen molar-refractivity contribution >= 4 is 0 Å². The molecule has 3 heterocycles. The second-order valence-electron chi connectivity index (χ2n) is 7.91. The summed E-state index contributed by atoms with van der Waals surface area (Å²) in [6.07, 6.45) is 5.81. The Balaban J connectivity index is 1.76. The fraction of sp³-hybridized carbons (Fsp3) is 0.579. The summed E-state index contributed by atoms with van der Waals surface area (Å²) < 4.78 is 1.63. The maximum absolute atomic E-state index is 12.3. The van der Waals surface area contributed by atoms with Crippen molar-refractivity contribution in [1.29, 1.82) is 0 Å². The Morgan fingerprint density at radius 2 is 2.04 bits per heavy atom. The Labute approximate surface area is 148 Å². The summed E-state index contributed by atoms with van der Waals surface area (Å²) in [7, 11) is 0. The van der Waals surface area contributed by atoms with Gasteiger partial charge in [0, 0.05) is 36.5 Å². The van der Waals surface area contributed by atoms with E-state index in [9.17, 15) is 4.79 Å². The van der Waals surface area contributed by atoms with Crippen molar-refractivity contribution in [3.05, 3.63) is 52.0 Å². The molecule has 1 saturated heterocycles. The van der Waals surface area contributed by atoms with Crippen molar-refractivity contribution in [2.75, 3.05) is 6.54 Å². The lowest BCUT2D eigenvalue weighted by atomic mass is 9.92. The first kappa shape index (κ1) is 17.7. The van der Waals surface area contributed by atoms with E-state index in [2.05, 4.69) is 40.7 Å². The fourth-order valence-corrected chi connectivity index (χ4v) is 3.29. The molecule has 134 valence electrons. The molecule has 3 rings (SSSR count). The normalized spacial score (nSPS) is 18.6. The van der Waals surface area contributed by atoms with E-state index in [4.69, 9.17) is 0 Å². The molecule has 0 N–H and O–H groups in total. The zero-order chi connectivity index (χ0) is 18.0. The third kappa shape index (κ3) is 4.31. The summed E-state index contributed by atoms with van der Waals surface area (Å²) >= 11 is 0. The highest BCUT2D eigenvalue weighted by atomic mass is 16.1. The molecule has 1 atom stereocenters.